The lowest BCUT2D eigenvalue weighted by molar-refractivity contribution is 0.0810. The highest BCUT2D eigenvalue weighted by Gasteiger charge is 2.18. The lowest BCUT2D eigenvalue weighted by Gasteiger charge is -2.32. The molecule has 0 aromatic rings. The standard InChI is InChI=1S/C13H28N2O2.C2H6/c1-14-11-13-5-4-6-15(12-13)7-10-17-9-3-2-8-16;1-2/h13-14,16H,2-12H2,1H3;1-2H3. The molecule has 0 aliphatic carbocycles. The monoisotopic (exact) mass is 274 g/mol. The van der Waals surface area contributed by atoms with Crippen LogP contribution in [0.15, 0.2) is 0 Å². The molecule has 1 aliphatic rings. The van der Waals surface area contributed by atoms with Crippen LogP contribution < -0.4 is 5.32 Å². The minimum Gasteiger partial charge on any atom is -0.396 e. The number of hydrogen-bond acceptors (Lipinski definition) is 4. The van der Waals surface area contributed by atoms with Gasteiger partial charge in [-0.1, -0.05) is 13.8 Å². The van der Waals surface area contributed by atoms with E-state index in [0.717, 1.165) is 45.1 Å². The molecule has 1 aliphatic heterocycles. The van der Waals surface area contributed by atoms with E-state index in [9.17, 15) is 0 Å². The number of hydrogen-bond donors (Lipinski definition) is 2. The highest BCUT2D eigenvalue weighted by molar-refractivity contribution is 4.73. The summed E-state index contributed by atoms with van der Waals surface area (Å²) in [7, 11) is 2.03. The number of rotatable bonds is 9. The minimum atomic E-state index is 0.279. The Balaban J connectivity index is 0.00000154. The molecular formula is C15H34N2O2. The average Bonchev–Trinajstić information content (AvgIpc) is 2.46. The van der Waals surface area contributed by atoms with Crippen LogP contribution >= 0.6 is 0 Å². The van der Waals surface area contributed by atoms with Gasteiger partial charge in [-0.15, -0.1) is 0 Å². The van der Waals surface area contributed by atoms with Gasteiger partial charge in [0.1, 0.15) is 0 Å². The first-order valence-corrected chi connectivity index (χ1v) is 7.92. The van der Waals surface area contributed by atoms with Crippen LogP contribution in [0.1, 0.15) is 39.5 Å². The molecular weight excluding hydrogens is 240 g/mol. The summed E-state index contributed by atoms with van der Waals surface area (Å²) in [4.78, 5) is 2.51. The number of unbranched alkanes of at least 4 members (excludes halogenated alkanes) is 1. The molecule has 2 N–H and O–H groups in total. The molecule has 0 spiro atoms. The molecule has 1 heterocycles. The van der Waals surface area contributed by atoms with Crippen LogP contribution in [-0.4, -0.2) is 63.1 Å². The predicted molar refractivity (Wildman–Crippen MR) is 81.6 cm³/mol. The maximum absolute atomic E-state index is 8.64. The first-order valence-electron chi connectivity index (χ1n) is 7.92. The van der Waals surface area contributed by atoms with Crippen LogP contribution in [0.4, 0.5) is 0 Å². The number of aliphatic hydroxyl groups is 1. The van der Waals surface area contributed by atoms with Gasteiger partial charge in [0.25, 0.3) is 0 Å². The fourth-order valence-electron chi connectivity index (χ4n) is 2.42. The van der Waals surface area contributed by atoms with Crippen molar-refractivity contribution in [2.24, 2.45) is 5.92 Å². The van der Waals surface area contributed by atoms with E-state index in [4.69, 9.17) is 9.84 Å². The van der Waals surface area contributed by atoms with Crippen LogP contribution in [-0.2, 0) is 4.74 Å². The maximum atomic E-state index is 8.64. The Morgan fingerprint density at radius 2 is 2.05 bits per heavy atom. The van der Waals surface area contributed by atoms with E-state index >= 15 is 0 Å². The number of nitrogens with zero attached hydrogens (tertiary/aromatic N) is 1. The summed E-state index contributed by atoms with van der Waals surface area (Å²) in [6, 6.07) is 0. The smallest absolute Gasteiger partial charge is 0.0593 e. The molecule has 1 saturated heterocycles. The van der Waals surface area contributed by atoms with Crippen molar-refractivity contribution >= 4 is 0 Å². The third-order valence-corrected chi connectivity index (χ3v) is 3.34. The average molecular weight is 274 g/mol. The van der Waals surface area contributed by atoms with E-state index in [2.05, 4.69) is 10.2 Å². The van der Waals surface area contributed by atoms with Gasteiger partial charge in [0, 0.05) is 26.3 Å². The highest BCUT2D eigenvalue weighted by atomic mass is 16.5. The second-order valence-electron chi connectivity index (χ2n) is 4.91. The van der Waals surface area contributed by atoms with Gasteiger partial charge in [0.2, 0.25) is 0 Å². The zero-order chi connectivity index (χ0) is 14.3. The van der Waals surface area contributed by atoms with Crippen molar-refractivity contribution in [3.05, 3.63) is 0 Å². The van der Waals surface area contributed by atoms with E-state index in [1.165, 1.54) is 25.9 Å². The molecule has 4 nitrogen and oxygen atoms in total. The molecule has 116 valence electrons. The summed E-state index contributed by atoms with van der Waals surface area (Å²) in [5, 5.41) is 11.9. The third kappa shape index (κ3) is 10.3. The van der Waals surface area contributed by atoms with Crippen molar-refractivity contribution in [1.29, 1.82) is 0 Å². The van der Waals surface area contributed by atoms with E-state index in [1.807, 2.05) is 20.9 Å². The van der Waals surface area contributed by atoms with Crippen molar-refractivity contribution in [3.63, 3.8) is 0 Å². The van der Waals surface area contributed by atoms with E-state index in [0.29, 0.717) is 0 Å². The zero-order valence-electron chi connectivity index (χ0n) is 13.2. The Hall–Kier alpha value is -0.160. The normalized spacial score (nSPS) is 19.9. The van der Waals surface area contributed by atoms with E-state index in [-0.39, 0.29) is 6.61 Å². The van der Waals surface area contributed by atoms with Crippen LogP contribution in [0.3, 0.4) is 0 Å². The summed E-state index contributed by atoms with van der Waals surface area (Å²) in [5.74, 6) is 0.808. The van der Waals surface area contributed by atoms with Gasteiger partial charge in [0.15, 0.2) is 0 Å². The summed E-state index contributed by atoms with van der Waals surface area (Å²) in [5.41, 5.74) is 0. The second kappa shape index (κ2) is 14.3. The maximum Gasteiger partial charge on any atom is 0.0593 e. The topological polar surface area (TPSA) is 44.7 Å². The first kappa shape index (κ1) is 18.8. The van der Waals surface area contributed by atoms with E-state index in [1.54, 1.807) is 0 Å². The van der Waals surface area contributed by atoms with Gasteiger partial charge in [-0.2, -0.15) is 0 Å². The molecule has 19 heavy (non-hydrogen) atoms. The minimum absolute atomic E-state index is 0.279. The summed E-state index contributed by atoms with van der Waals surface area (Å²) >= 11 is 0. The molecule has 1 unspecified atom stereocenters. The summed E-state index contributed by atoms with van der Waals surface area (Å²) in [6.45, 7) is 10.5. The van der Waals surface area contributed by atoms with Crippen molar-refractivity contribution in [2.45, 2.75) is 39.5 Å². The summed E-state index contributed by atoms with van der Waals surface area (Å²) < 4.78 is 5.57. The SMILES string of the molecule is CC.CNCC1CCCN(CCOCCCCO)C1. The van der Waals surface area contributed by atoms with Crippen LogP contribution in [0, 0.1) is 5.92 Å². The van der Waals surface area contributed by atoms with Gasteiger partial charge in [-0.25, -0.2) is 0 Å². The van der Waals surface area contributed by atoms with Gasteiger partial charge in [0.05, 0.1) is 6.61 Å². The molecule has 0 radical (unpaired) electrons. The molecule has 1 rings (SSSR count). The second-order valence-corrected chi connectivity index (χ2v) is 4.91. The van der Waals surface area contributed by atoms with Crippen LogP contribution in [0.2, 0.25) is 0 Å². The van der Waals surface area contributed by atoms with Crippen molar-refractivity contribution < 1.29 is 9.84 Å². The molecule has 0 bridgehead atoms. The molecule has 0 saturated carbocycles. The molecule has 4 heteroatoms. The van der Waals surface area contributed by atoms with Crippen LogP contribution in [0.5, 0.6) is 0 Å². The largest absolute Gasteiger partial charge is 0.396 e. The molecule has 1 fully saturated rings. The number of ether oxygens (including phenoxy) is 1. The number of nitrogens with one attached hydrogen (secondary N) is 1. The highest BCUT2D eigenvalue weighted by Crippen LogP contribution is 2.15. The quantitative estimate of drug-likeness (QED) is 0.629. The third-order valence-electron chi connectivity index (χ3n) is 3.34. The van der Waals surface area contributed by atoms with E-state index < -0.39 is 0 Å². The van der Waals surface area contributed by atoms with Gasteiger partial charge in [-0.05, 0) is 51.7 Å². The van der Waals surface area contributed by atoms with Gasteiger partial charge < -0.3 is 20.1 Å². The van der Waals surface area contributed by atoms with Crippen LogP contribution in [0.25, 0.3) is 0 Å². The first-order chi connectivity index (χ1) is 9.36. The van der Waals surface area contributed by atoms with Gasteiger partial charge >= 0.3 is 0 Å². The summed E-state index contributed by atoms with van der Waals surface area (Å²) in [6.07, 6.45) is 4.50. The number of likely N-dealkylation sites (tertiary alicyclic amines) is 1. The Morgan fingerprint density at radius 1 is 1.26 bits per heavy atom. The zero-order valence-corrected chi connectivity index (χ0v) is 13.2. The fraction of sp³-hybridized carbons (Fsp3) is 1.00. The molecule has 1 atom stereocenters. The molecule has 0 aromatic carbocycles. The lowest BCUT2D eigenvalue weighted by atomic mass is 9.98. The molecule has 0 amide bonds. The Kier molecular flexibility index (Phi) is 14.1. The Labute approximate surface area is 119 Å². The predicted octanol–water partition coefficient (Wildman–Crippen LogP) is 1.73. The Bertz CT molecular complexity index is 178. The van der Waals surface area contributed by atoms with Crippen molar-refractivity contribution in [2.75, 3.05) is 53.0 Å². The number of aliphatic hydroxyl groups excluding tert-OH is 1. The fourth-order valence-corrected chi connectivity index (χ4v) is 2.42. The van der Waals surface area contributed by atoms with Crippen molar-refractivity contribution in [1.82, 2.24) is 10.2 Å². The van der Waals surface area contributed by atoms with Crippen molar-refractivity contribution in [3.8, 4) is 0 Å². The Morgan fingerprint density at radius 3 is 2.74 bits per heavy atom. The van der Waals surface area contributed by atoms with Gasteiger partial charge in [-0.3, -0.25) is 0 Å². The number of piperidine rings is 1. The molecule has 0 aromatic heterocycles. The lowest BCUT2D eigenvalue weighted by Crippen LogP contribution is -2.40.